The second-order valence-corrected chi connectivity index (χ2v) is 9.47. The minimum absolute atomic E-state index is 0.113. The number of benzene rings is 2. The van der Waals surface area contributed by atoms with E-state index in [9.17, 15) is 18.0 Å². The van der Waals surface area contributed by atoms with Gasteiger partial charge < -0.3 is 9.73 Å². The number of rotatable bonds is 4. The number of anilines is 1. The molecular weight excluding hydrogens is 404 g/mol. The molecule has 1 fully saturated rings. The third-order valence-corrected chi connectivity index (χ3v) is 7.26. The number of fused-ring (bicyclic) bond motifs is 1. The lowest BCUT2D eigenvalue weighted by Gasteiger charge is -2.29. The van der Waals surface area contributed by atoms with Crippen LogP contribution in [0.1, 0.15) is 30.3 Å². The summed E-state index contributed by atoms with van der Waals surface area (Å²) in [5.74, 6) is -0.166. The summed E-state index contributed by atoms with van der Waals surface area (Å²) in [7, 11) is -3.55. The molecule has 0 radical (unpaired) electrons. The lowest BCUT2D eigenvalue weighted by Crippen LogP contribution is -2.37. The molecular formula is C22H22N2O5S. The Morgan fingerprint density at radius 1 is 1.07 bits per heavy atom. The molecule has 0 aliphatic carbocycles. The highest BCUT2D eigenvalue weighted by Crippen LogP contribution is 2.24. The molecule has 2 aromatic carbocycles. The van der Waals surface area contributed by atoms with Crippen LogP contribution in [0, 0.1) is 5.92 Å². The van der Waals surface area contributed by atoms with E-state index in [0.717, 1.165) is 18.9 Å². The van der Waals surface area contributed by atoms with Gasteiger partial charge in [-0.1, -0.05) is 19.1 Å². The monoisotopic (exact) mass is 426 g/mol. The van der Waals surface area contributed by atoms with E-state index in [4.69, 9.17) is 4.42 Å². The first kappa shape index (κ1) is 20.3. The molecule has 30 heavy (non-hydrogen) atoms. The first-order chi connectivity index (χ1) is 14.3. The van der Waals surface area contributed by atoms with Crippen LogP contribution in [0.3, 0.4) is 0 Å². The Bertz CT molecular complexity index is 1240. The molecule has 1 amide bonds. The SMILES string of the molecule is CC1CCN(S(=O)(=O)c2ccc(NC(=O)c3cc(=O)c4ccccc4o3)cc2)CC1. The Balaban J connectivity index is 1.51. The van der Waals surface area contributed by atoms with Crippen molar-refractivity contribution in [2.75, 3.05) is 18.4 Å². The van der Waals surface area contributed by atoms with Gasteiger partial charge in [0.2, 0.25) is 10.0 Å². The van der Waals surface area contributed by atoms with E-state index >= 15 is 0 Å². The maximum atomic E-state index is 12.8. The van der Waals surface area contributed by atoms with Crippen LogP contribution >= 0.6 is 0 Å². The third kappa shape index (κ3) is 4.01. The molecule has 1 N–H and O–H groups in total. The molecule has 0 unspecified atom stereocenters. The van der Waals surface area contributed by atoms with Crippen LogP contribution < -0.4 is 10.7 Å². The van der Waals surface area contributed by atoms with Crippen molar-refractivity contribution in [3.63, 3.8) is 0 Å². The summed E-state index contributed by atoms with van der Waals surface area (Å²) >= 11 is 0. The molecule has 2 heterocycles. The van der Waals surface area contributed by atoms with E-state index in [2.05, 4.69) is 12.2 Å². The molecule has 0 saturated carbocycles. The largest absolute Gasteiger partial charge is 0.451 e. The first-order valence-electron chi connectivity index (χ1n) is 9.79. The van der Waals surface area contributed by atoms with E-state index in [1.54, 1.807) is 24.3 Å². The van der Waals surface area contributed by atoms with Crippen LogP contribution in [-0.4, -0.2) is 31.7 Å². The topological polar surface area (TPSA) is 96.7 Å². The highest BCUT2D eigenvalue weighted by Gasteiger charge is 2.28. The van der Waals surface area contributed by atoms with Crippen molar-refractivity contribution in [3.8, 4) is 0 Å². The lowest BCUT2D eigenvalue weighted by atomic mass is 10.0. The van der Waals surface area contributed by atoms with Gasteiger partial charge in [-0.3, -0.25) is 9.59 Å². The fourth-order valence-corrected chi connectivity index (χ4v) is 4.96. The van der Waals surface area contributed by atoms with E-state index in [1.165, 1.54) is 28.6 Å². The number of carbonyl (C=O) groups is 1. The van der Waals surface area contributed by atoms with Gasteiger partial charge in [0.15, 0.2) is 11.2 Å². The average molecular weight is 426 g/mol. The molecule has 3 aromatic rings. The molecule has 156 valence electrons. The zero-order valence-electron chi connectivity index (χ0n) is 16.5. The molecule has 1 aliphatic rings. The fourth-order valence-electron chi connectivity index (χ4n) is 3.49. The van der Waals surface area contributed by atoms with Gasteiger partial charge in [-0.25, -0.2) is 8.42 Å². The van der Waals surface area contributed by atoms with Gasteiger partial charge in [0.25, 0.3) is 5.91 Å². The van der Waals surface area contributed by atoms with Crippen molar-refractivity contribution in [2.24, 2.45) is 5.92 Å². The summed E-state index contributed by atoms with van der Waals surface area (Å²) in [6, 6.07) is 13.8. The Morgan fingerprint density at radius 2 is 1.73 bits per heavy atom. The second kappa shape index (κ2) is 8.04. The summed E-state index contributed by atoms with van der Waals surface area (Å²) in [5.41, 5.74) is 0.425. The van der Waals surface area contributed by atoms with Gasteiger partial charge in [-0.2, -0.15) is 4.31 Å². The van der Waals surface area contributed by atoms with E-state index in [-0.39, 0.29) is 16.1 Å². The number of amides is 1. The van der Waals surface area contributed by atoms with Gasteiger partial charge in [0.05, 0.1) is 10.3 Å². The molecule has 1 saturated heterocycles. The predicted molar refractivity (Wildman–Crippen MR) is 114 cm³/mol. The highest BCUT2D eigenvalue weighted by molar-refractivity contribution is 7.89. The maximum absolute atomic E-state index is 12.8. The first-order valence-corrected chi connectivity index (χ1v) is 11.2. The Morgan fingerprint density at radius 3 is 2.43 bits per heavy atom. The van der Waals surface area contributed by atoms with Crippen molar-refractivity contribution in [1.29, 1.82) is 0 Å². The minimum Gasteiger partial charge on any atom is -0.451 e. The van der Waals surface area contributed by atoms with Crippen LogP contribution in [0.15, 0.2) is 68.7 Å². The summed E-state index contributed by atoms with van der Waals surface area (Å²) in [6.45, 7) is 3.16. The van der Waals surface area contributed by atoms with Crippen molar-refractivity contribution in [2.45, 2.75) is 24.7 Å². The Hall–Kier alpha value is -2.97. The summed E-state index contributed by atoms with van der Waals surface area (Å²) in [4.78, 5) is 24.9. The second-order valence-electron chi connectivity index (χ2n) is 7.54. The smallest absolute Gasteiger partial charge is 0.291 e. The quantitative estimate of drug-likeness (QED) is 0.689. The minimum atomic E-state index is -3.55. The molecule has 7 nitrogen and oxygen atoms in total. The number of sulfonamides is 1. The van der Waals surface area contributed by atoms with E-state index < -0.39 is 15.9 Å². The number of hydrogen-bond acceptors (Lipinski definition) is 5. The Kier molecular flexibility index (Phi) is 5.44. The summed E-state index contributed by atoms with van der Waals surface area (Å²) < 4.78 is 32.6. The van der Waals surface area contributed by atoms with Crippen molar-refractivity contribution >= 4 is 32.6 Å². The van der Waals surface area contributed by atoms with Gasteiger partial charge >= 0.3 is 0 Å². The van der Waals surface area contributed by atoms with E-state index in [0.29, 0.717) is 35.7 Å². The number of nitrogens with one attached hydrogen (secondary N) is 1. The third-order valence-electron chi connectivity index (χ3n) is 5.35. The average Bonchev–Trinajstić information content (AvgIpc) is 2.74. The summed E-state index contributed by atoms with van der Waals surface area (Å²) in [6.07, 6.45) is 1.70. The molecule has 1 aliphatic heterocycles. The fraction of sp³-hybridized carbons (Fsp3) is 0.273. The zero-order valence-corrected chi connectivity index (χ0v) is 17.3. The number of piperidine rings is 1. The number of carbonyl (C=O) groups excluding carboxylic acids is 1. The van der Waals surface area contributed by atoms with Gasteiger partial charge in [0.1, 0.15) is 5.58 Å². The number of hydrogen-bond donors (Lipinski definition) is 1. The molecule has 0 atom stereocenters. The van der Waals surface area contributed by atoms with Crippen molar-refractivity contribution in [3.05, 3.63) is 70.6 Å². The van der Waals surface area contributed by atoms with E-state index in [1.807, 2.05) is 0 Å². The Labute approximate surface area is 174 Å². The van der Waals surface area contributed by atoms with Crippen molar-refractivity contribution < 1.29 is 17.6 Å². The van der Waals surface area contributed by atoms with Crippen LogP contribution in [0.2, 0.25) is 0 Å². The molecule has 4 rings (SSSR count). The van der Waals surface area contributed by atoms with Crippen LogP contribution in [-0.2, 0) is 10.0 Å². The highest BCUT2D eigenvalue weighted by atomic mass is 32.2. The molecule has 0 bridgehead atoms. The normalized spacial score (nSPS) is 15.9. The van der Waals surface area contributed by atoms with Gasteiger partial charge in [0, 0.05) is 24.8 Å². The lowest BCUT2D eigenvalue weighted by molar-refractivity contribution is 0.0997. The molecule has 8 heteroatoms. The van der Waals surface area contributed by atoms with Crippen molar-refractivity contribution in [1.82, 2.24) is 4.31 Å². The van der Waals surface area contributed by atoms with Crippen LogP contribution in [0.5, 0.6) is 0 Å². The standard InChI is InChI=1S/C22H22N2O5S/c1-15-10-12-24(13-11-15)30(27,28)17-8-6-16(7-9-17)23-22(26)21-14-19(25)18-4-2-3-5-20(18)29-21/h2-9,14-15H,10-13H2,1H3,(H,23,26). The number of para-hydroxylation sites is 1. The van der Waals surface area contributed by atoms with Gasteiger partial charge in [-0.15, -0.1) is 0 Å². The molecule has 0 spiro atoms. The zero-order chi connectivity index (χ0) is 21.3. The van der Waals surface area contributed by atoms with Gasteiger partial charge in [-0.05, 0) is 55.2 Å². The predicted octanol–water partition coefficient (Wildman–Crippen LogP) is 3.47. The molecule has 1 aromatic heterocycles. The number of nitrogens with zero attached hydrogens (tertiary/aromatic N) is 1. The van der Waals surface area contributed by atoms with Crippen LogP contribution in [0.4, 0.5) is 5.69 Å². The maximum Gasteiger partial charge on any atom is 0.291 e. The van der Waals surface area contributed by atoms with Crippen LogP contribution in [0.25, 0.3) is 11.0 Å². The summed E-state index contributed by atoms with van der Waals surface area (Å²) in [5, 5.41) is 3.03.